The average Bonchev–Trinajstić information content (AvgIpc) is 2.53. The van der Waals surface area contributed by atoms with Crippen LogP contribution in [-0.2, 0) is 9.59 Å². The molecular formula is C14H17N3O4. The highest BCUT2D eigenvalue weighted by molar-refractivity contribution is 6.39. The maximum atomic E-state index is 11.8. The van der Waals surface area contributed by atoms with Crippen LogP contribution in [0.3, 0.4) is 0 Å². The molecule has 2 rings (SSSR count). The zero-order chi connectivity index (χ0) is 15.2. The van der Waals surface area contributed by atoms with Crippen LogP contribution < -0.4 is 15.5 Å². The van der Waals surface area contributed by atoms with E-state index in [-0.39, 0.29) is 24.6 Å². The highest BCUT2D eigenvalue weighted by Crippen LogP contribution is 2.18. The number of carbonyl (C=O) groups excluding carboxylic acids is 2. The fourth-order valence-corrected chi connectivity index (χ4v) is 1.90. The van der Waals surface area contributed by atoms with Crippen LogP contribution in [0.15, 0.2) is 29.4 Å². The number of ether oxygens (including phenoxy) is 1. The number of hydrazone groups is 1. The standard InChI is InChI=1S/C14H17N3O4/c1-21-10-4-2-3-9(7-10)12(18)8-15-14(20)11-5-6-13(19)17-16-11/h2-4,7,12,18H,5-6,8H2,1H3,(H,15,20)(H,17,19). The molecule has 0 aromatic heterocycles. The summed E-state index contributed by atoms with van der Waals surface area (Å²) in [6.07, 6.45) is -0.305. The largest absolute Gasteiger partial charge is 0.497 e. The maximum Gasteiger partial charge on any atom is 0.267 e. The smallest absolute Gasteiger partial charge is 0.267 e. The number of aliphatic hydroxyl groups excluding tert-OH is 1. The molecule has 0 spiro atoms. The number of rotatable bonds is 5. The van der Waals surface area contributed by atoms with E-state index in [4.69, 9.17) is 4.74 Å². The molecule has 0 saturated heterocycles. The summed E-state index contributed by atoms with van der Waals surface area (Å²) in [5.74, 6) is 0.0390. The van der Waals surface area contributed by atoms with E-state index in [1.165, 1.54) is 0 Å². The number of nitrogens with one attached hydrogen (secondary N) is 2. The lowest BCUT2D eigenvalue weighted by atomic mass is 10.1. The molecule has 7 nitrogen and oxygen atoms in total. The number of benzene rings is 1. The van der Waals surface area contributed by atoms with E-state index in [1.54, 1.807) is 31.4 Å². The summed E-state index contributed by atoms with van der Waals surface area (Å²) < 4.78 is 5.08. The van der Waals surface area contributed by atoms with Gasteiger partial charge in [-0.05, 0) is 17.7 Å². The molecule has 1 unspecified atom stereocenters. The van der Waals surface area contributed by atoms with Crippen LogP contribution in [0.5, 0.6) is 5.75 Å². The molecule has 1 aliphatic rings. The number of carbonyl (C=O) groups is 2. The summed E-state index contributed by atoms with van der Waals surface area (Å²) in [6.45, 7) is 0.0545. The first kappa shape index (κ1) is 15.0. The normalized spacial score (nSPS) is 15.7. The molecule has 0 aliphatic carbocycles. The lowest BCUT2D eigenvalue weighted by molar-refractivity contribution is -0.121. The van der Waals surface area contributed by atoms with Gasteiger partial charge in [-0.3, -0.25) is 9.59 Å². The third kappa shape index (κ3) is 4.03. The minimum Gasteiger partial charge on any atom is -0.497 e. The third-order valence-electron chi connectivity index (χ3n) is 3.10. The summed E-state index contributed by atoms with van der Waals surface area (Å²) in [6, 6.07) is 6.99. The molecular weight excluding hydrogens is 274 g/mol. The Balaban J connectivity index is 1.90. The van der Waals surface area contributed by atoms with Crippen LogP contribution in [-0.4, -0.2) is 36.3 Å². The van der Waals surface area contributed by atoms with Crippen molar-refractivity contribution in [2.45, 2.75) is 18.9 Å². The van der Waals surface area contributed by atoms with Gasteiger partial charge in [-0.15, -0.1) is 0 Å². The molecule has 1 aromatic rings. The van der Waals surface area contributed by atoms with Crippen molar-refractivity contribution in [2.24, 2.45) is 5.10 Å². The summed E-state index contributed by atoms with van der Waals surface area (Å²) in [7, 11) is 1.54. The SMILES string of the molecule is COc1cccc(C(O)CNC(=O)C2=NNC(=O)CC2)c1. The minimum absolute atomic E-state index is 0.0545. The van der Waals surface area contributed by atoms with E-state index in [0.29, 0.717) is 17.7 Å². The van der Waals surface area contributed by atoms with E-state index in [2.05, 4.69) is 15.8 Å². The van der Waals surface area contributed by atoms with Crippen LogP contribution in [0.25, 0.3) is 0 Å². The first-order valence-corrected chi connectivity index (χ1v) is 6.55. The minimum atomic E-state index is -0.845. The second-order valence-corrected chi connectivity index (χ2v) is 4.60. The van der Waals surface area contributed by atoms with Crippen molar-refractivity contribution in [3.05, 3.63) is 29.8 Å². The number of amides is 2. The molecule has 2 amide bonds. The summed E-state index contributed by atoms with van der Waals surface area (Å²) in [5, 5.41) is 16.3. The number of hydrogen-bond donors (Lipinski definition) is 3. The molecule has 3 N–H and O–H groups in total. The van der Waals surface area contributed by atoms with Gasteiger partial charge >= 0.3 is 0 Å². The number of nitrogens with zero attached hydrogens (tertiary/aromatic N) is 1. The highest BCUT2D eigenvalue weighted by Gasteiger charge is 2.19. The van der Waals surface area contributed by atoms with Gasteiger partial charge in [-0.25, -0.2) is 5.43 Å². The zero-order valence-corrected chi connectivity index (χ0v) is 11.6. The van der Waals surface area contributed by atoms with E-state index >= 15 is 0 Å². The molecule has 0 radical (unpaired) electrons. The van der Waals surface area contributed by atoms with Crippen molar-refractivity contribution in [3.63, 3.8) is 0 Å². The van der Waals surface area contributed by atoms with Gasteiger partial charge < -0.3 is 15.2 Å². The van der Waals surface area contributed by atoms with Crippen LogP contribution in [0, 0.1) is 0 Å². The van der Waals surface area contributed by atoms with Gasteiger partial charge in [0.15, 0.2) is 0 Å². The molecule has 1 atom stereocenters. The second-order valence-electron chi connectivity index (χ2n) is 4.60. The van der Waals surface area contributed by atoms with Crippen molar-refractivity contribution in [1.82, 2.24) is 10.7 Å². The van der Waals surface area contributed by atoms with Gasteiger partial charge in [0.25, 0.3) is 5.91 Å². The molecule has 1 heterocycles. The number of hydrogen-bond acceptors (Lipinski definition) is 5. The Hall–Kier alpha value is -2.41. The number of aliphatic hydroxyl groups is 1. The van der Waals surface area contributed by atoms with Crippen molar-refractivity contribution in [2.75, 3.05) is 13.7 Å². The lowest BCUT2D eigenvalue weighted by Gasteiger charge is -2.15. The first-order chi connectivity index (χ1) is 10.1. The van der Waals surface area contributed by atoms with Crippen LogP contribution >= 0.6 is 0 Å². The van der Waals surface area contributed by atoms with E-state index < -0.39 is 12.0 Å². The Morgan fingerprint density at radius 1 is 1.52 bits per heavy atom. The fraction of sp³-hybridized carbons (Fsp3) is 0.357. The quantitative estimate of drug-likeness (QED) is 0.717. The first-order valence-electron chi connectivity index (χ1n) is 6.55. The van der Waals surface area contributed by atoms with Crippen LogP contribution in [0.1, 0.15) is 24.5 Å². The Bertz CT molecular complexity index is 571. The topological polar surface area (TPSA) is 100 Å². The van der Waals surface area contributed by atoms with Gasteiger partial charge in [-0.1, -0.05) is 12.1 Å². The predicted octanol–water partition coefficient (Wildman–Crippen LogP) is 0.111. The Labute approximate surface area is 122 Å². The molecule has 1 aromatic carbocycles. The molecule has 112 valence electrons. The van der Waals surface area contributed by atoms with Crippen molar-refractivity contribution in [3.8, 4) is 5.75 Å². The van der Waals surface area contributed by atoms with Crippen LogP contribution in [0.4, 0.5) is 0 Å². The van der Waals surface area contributed by atoms with Gasteiger partial charge in [0, 0.05) is 19.4 Å². The summed E-state index contributed by atoms with van der Waals surface area (Å²) in [5.41, 5.74) is 3.16. The Morgan fingerprint density at radius 3 is 3.00 bits per heavy atom. The van der Waals surface area contributed by atoms with E-state index in [1.807, 2.05) is 0 Å². The van der Waals surface area contributed by atoms with Gasteiger partial charge in [0.1, 0.15) is 11.5 Å². The Kier molecular flexibility index (Phi) is 4.89. The Morgan fingerprint density at radius 2 is 2.33 bits per heavy atom. The second kappa shape index (κ2) is 6.85. The van der Waals surface area contributed by atoms with E-state index in [0.717, 1.165) is 0 Å². The summed E-state index contributed by atoms with van der Waals surface area (Å²) >= 11 is 0. The lowest BCUT2D eigenvalue weighted by Crippen LogP contribution is -2.38. The molecule has 0 saturated carbocycles. The number of methoxy groups -OCH3 is 1. The van der Waals surface area contributed by atoms with E-state index in [9.17, 15) is 14.7 Å². The van der Waals surface area contributed by atoms with Crippen molar-refractivity contribution >= 4 is 17.5 Å². The highest BCUT2D eigenvalue weighted by atomic mass is 16.5. The fourth-order valence-electron chi connectivity index (χ4n) is 1.90. The molecule has 1 aliphatic heterocycles. The third-order valence-corrected chi connectivity index (χ3v) is 3.10. The van der Waals surface area contributed by atoms with Crippen LogP contribution in [0.2, 0.25) is 0 Å². The van der Waals surface area contributed by atoms with Crippen molar-refractivity contribution < 1.29 is 19.4 Å². The van der Waals surface area contributed by atoms with Gasteiger partial charge in [0.2, 0.25) is 5.91 Å². The monoisotopic (exact) mass is 291 g/mol. The average molecular weight is 291 g/mol. The van der Waals surface area contributed by atoms with Gasteiger partial charge in [0.05, 0.1) is 13.2 Å². The maximum absolute atomic E-state index is 11.8. The zero-order valence-electron chi connectivity index (χ0n) is 11.6. The molecule has 7 heteroatoms. The summed E-state index contributed by atoms with van der Waals surface area (Å²) in [4.78, 5) is 22.8. The predicted molar refractivity (Wildman–Crippen MR) is 75.8 cm³/mol. The molecule has 0 bridgehead atoms. The molecule has 21 heavy (non-hydrogen) atoms. The van der Waals surface area contributed by atoms with Gasteiger partial charge in [-0.2, -0.15) is 5.10 Å². The van der Waals surface area contributed by atoms with Crippen molar-refractivity contribution in [1.29, 1.82) is 0 Å². The molecule has 0 fully saturated rings.